The van der Waals surface area contributed by atoms with Crippen LogP contribution in [0.4, 0.5) is 11.6 Å². The Balaban J connectivity index is 1.01. The van der Waals surface area contributed by atoms with Gasteiger partial charge in [-0.05, 0) is 67.6 Å². The number of ether oxygens (including phenoxy) is 5. The summed E-state index contributed by atoms with van der Waals surface area (Å²) >= 11 is 0. The zero-order valence-corrected chi connectivity index (χ0v) is 39.6. The summed E-state index contributed by atoms with van der Waals surface area (Å²) in [4.78, 5) is 26.0. The van der Waals surface area contributed by atoms with Gasteiger partial charge in [0.2, 0.25) is 0 Å². The molecule has 20 nitrogen and oxygen atoms in total. The number of piperidine rings is 1. The van der Waals surface area contributed by atoms with Gasteiger partial charge in [-0.1, -0.05) is 61.0 Å². The highest BCUT2D eigenvalue weighted by atomic mass is 31.2. The number of fused-ring (bicyclic) bond motifs is 2. The zero-order chi connectivity index (χ0) is 47.9. The standard InChI is InChI=1S/C48H56N11O9P/c1-29-9-8-10-30(2)59(29)69(61,65-24-38-36(60)21-40(66-38)57-27-55-42-44(49)51-25-53-46(42)57)68-37-22-41(58-28-56-43-45(50)52-26-54-47(43)58)67-39(37)23-64-48(31-11-6-5-7-12-31,32-13-17-34(62-3)18-14-32)33-15-19-35(63-4)20-16-33/h5-7,11-20,25-30,36-41,60H,8-10,21-24H2,1-4H3,(H2,49,51,53)(H2,50,52,54)/t29-,30+,36-,37-,38+,39+,40+,41+,69?/m0/s1. The first kappa shape index (κ1) is 46.6. The van der Waals surface area contributed by atoms with E-state index in [2.05, 4.69) is 29.9 Å². The second kappa shape index (κ2) is 19.4. The zero-order valence-electron chi connectivity index (χ0n) is 38.7. The van der Waals surface area contributed by atoms with Crippen molar-refractivity contribution in [1.82, 2.24) is 43.7 Å². The molecule has 4 aromatic heterocycles. The molecular formula is C48H56N11O9P. The highest BCUT2D eigenvalue weighted by molar-refractivity contribution is 7.51. The Morgan fingerprint density at radius 1 is 0.696 bits per heavy atom. The fraction of sp³-hybridized carbons (Fsp3) is 0.417. The minimum absolute atomic E-state index is 0.0535. The summed E-state index contributed by atoms with van der Waals surface area (Å²) in [5.41, 5.74) is 15.3. The topological polar surface area (TPSA) is 244 Å². The summed E-state index contributed by atoms with van der Waals surface area (Å²) in [5.74, 6) is 1.81. The van der Waals surface area contributed by atoms with Crippen LogP contribution < -0.4 is 20.9 Å². The van der Waals surface area contributed by atoms with Crippen LogP contribution in [0.5, 0.6) is 11.5 Å². The average molecular weight is 962 g/mol. The number of imidazole rings is 2. The van der Waals surface area contributed by atoms with E-state index in [1.807, 2.05) is 97.4 Å². The van der Waals surface area contributed by atoms with Crippen LogP contribution in [0.15, 0.2) is 104 Å². The lowest BCUT2D eigenvalue weighted by Gasteiger charge is -2.43. The SMILES string of the molecule is COc1ccc(C(OC[C@H]2O[C@@H](n3cnc4c(N)ncnc43)C[C@@H]2OP(=O)(OC[C@H]2O[C@@H](n3cnc4c(N)ncnc43)C[C@@H]2O)N2[C@H](C)CCC[C@@H]2C)(c2ccccc2)c2ccc(OC)cc2)cc1. The van der Waals surface area contributed by atoms with Crippen LogP contribution >= 0.6 is 7.75 Å². The molecule has 0 amide bonds. The van der Waals surface area contributed by atoms with E-state index in [1.54, 1.807) is 36.0 Å². The molecule has 362 valence electrons. The van der Waals surface area contributed by atoms with E-state index in [9.17, 15) is 5.11 Å². The van der Waals surface area contributed by atoms with Crippen LogP contribution in [0.3, 0.4) is 0 Å². The summed E-state index contributed by atoms with van der Waals surface area (Å²) in [6, 6.07) is 25.1. The molecule has 5 N–H and O–H groups in total. The van der Waals surface area contributed by atoms with E-state index in [-0.39, 0.29) is 49.8 Å². The molecule has 3 aliphatic rings. The lowest BCUT2D eigenvalue weighted by Crippen LogP contribution is -2.44. The number of hydrogen-bond acceptors (Lipinski definition) is 17. The Bertz CT molecular complexity index is 2870. The van der Waals surface area contributed by atoms with Gasteiger partial charge in [0.1, 0.15) is 71.6 Å². The van der Waals surface area contributed by atoms with Crippen molar-refractivity contribution in [1.29, 1.82) is 0 Å². The third-order valence-corrected chi connectivity index (χ3v) is 15.9. The molecule has 21 heteroatoms. The molecule has 3 aromatic carbocycles. The van der Waals surface area contributed by atoms with Gasteiger partial charge in [-0.25, -0.2) is 39.1 Å². The number of methoxy groups -OCH3 is 2. The molecule has 1 unspecified atom stereocenters. The molecule has 0 bridgehead atoms. The van der Waals surface area contributed by atoms with Gasteiger partial charge in [-0.15, -0.1) is 0 Å². The molecule has 7 heterocycles. The predicted molar refractivity (Wildman–Crippen MR) is 254 cm³/mol. The van der Waals surface area contributed by atoms with Crippen molar-refractivity contribution >= 4 is 41.7 Å². The molecule has 10 rings (SSSR count). The maximum atomic E-state index is 16.0. The number of nitrogens with zero attached hydrogens (tertiary/aromatic N) is 9. The van der Waals surface area contributed by atoms with Crippen molar-refractivity contribution < 1.29 is 42.4 Å². The summed E-state index contributed by atoms with van der Waals surface area (Å²) in [5, 5.41) is 11.4. The molecule has 3 aliphatic heterocycles. The molecule has 0 radical (unpaired) electrons. The first-order chi connectivity index (χ1) is 33.5. The van der Waals surface area contributed by atoms with Crippen LogP contribution in [-0.2, 0) is 33.4 Å². The Morgan fingerprint density at radius 2 is 1.22 bits per heavy atom. The quantitative estimate of drug-likeness (QED) is 0.0685. The van der Waals surface area contributed by atoms with E-state index in [4.69, 9.17) is 44.2 Å². The summed E-state index contributed by atoms with van der Waals surface area (Å²) < 4.78 is 66.9. The predicted octanol–water partition coefficient (Wildman–Crippen LogP) is 6.57. The minimum atomic E-state index is -4.26. The number of rotatable bonds is 16. The van der Waals surface area contributed by atoms with Gasteiger partial charge in [-0.2, -0.15) is 0 Å². The third-order valence-electron chi connectivity index (χ3n) is 13.5. The van der Waals surface area contributed by atoms with Gasteiger partial charge in [-0.3, -0.25) is 18.2 Å². The first-order valence-corrected chi connectivity index (χ1v) is 24.5. The van der Waals surface area contributed by atoms with E-state index in [1.165, 1.54) is 12.7 Å². The molecule has 9 atom stereocenters. The lowest BCUT2D eigenvalue weighted by molar-refractivity contribution is -0.0941. The van der Waals surface area contributed by atoms with Gasteiger partial charge < -0.3 is 40.3 Å². The van der Waals surface area contributed by atoms with Crippen molar-refractivity contribution in [2.75, 3.05) is 38.9 Å². The van der Waals surface area contributed by atoms with E-state index in [0.29, 0.717) is 33.8 Å². The fourth-order valence-electron chi connectivity index (χ4n) is 9.99. The monoisotopic (exact) mass is 961 g/mol. The molecule has 69 heavy (non-hydrogen) atoms. The van der Waals surface area contributed by atoms with Crippen LogP contribution in [0, 0.1) is 0 Å². The van der Waals surface area contributed by atoms with Crippen molar-refractivity contribution in [3.8, 4) is 11.5 Å². The van der Waals surface area contributed by atoms with Crippen molar-refractivity contribution in [2.45, 2.75) is 101 Å². The molecule has 0 aliphatic carbocycles. The second-order valence-corrected chi connectivity index (χ2v) is 19.6. The van der Waals surface area contributed by atoms with Gasteiger partial charge in [0, 0.05) is 24.9 Å². The molecule has 0 spiro atoms. The van der Waals surface area contributed by atoms with Crippen molar-refractivity contribution in [2.24, 2.45) is 0 Å². The molecule has 7 aromatic rings. The second-order valence-electron chi connectivity index (χ2n) is 17.7. The van der Waals surface area contributed by atoms with Gasteiger partial charge in [0.05, 0.1) is 46.2 Å². The number of hydrogen-bond donors (Lipinski definition) is 3. The van der Waals surface area contributed by atoms with Gasteiger partial charge >= 0.3 is 7.75 Å². The number of aromatic nitrogens is 8. The molecular weight excluding hydrogens is 906 g/mol. The Hall–Kier alpha value is -6.09. The van der Waals surface area contributed by atoms with Crippen molar-refractivity contribution in [3.63, 3.8) is 0 Å². The Labute approximate surface area is 398 Å². The lowest BCUT2D eigenvalue weighted by atomic mass is 9.80. The number of nitrogen functional groups attached to an aromatic ring is 2. The van der Waals surface area contributed by atoms with E-state index in [0.717, 1.165) is 36.0 Å². The highest BCUT2D eigenvalue weighted by Gasteiger charge is 2.50. The maximum Gasteiger partial charge on any atom is 0.409 e. The third kappa shape index (κ3) is 8.80. The number of aliphatic hydroxyl groups excluding tert-OH is 1. The Kier molecular flexibility index (Phi) is 13.1. The average Bonchev–Trinajstić information content (AvgIpc) is 4.18. The fourth-order valence-corrected chi connectivity index (χ4v) is 12.4. The minimum Gasteiger partial charge on any atom is -0.497 e. The van der Waals surface area contributed by atoms with Gasteiger partial charge in [0.25, 0.3) is 0 Å². The number of nitrogens with two attached hydrogens (primary N) is 2. The number of aliphatic hydroxyl groups is 1. The molecule has 3 fully saturated rings. The summed E-state index contributed by atoms with van der Waals surface area (Å²) in [7, 11) is -1.01. The number of anilines is 2. The van der Waals surface area contributed by atoms with E-state index >= 15 is 4.57 Å². The van der Waals surface area contributed by atoms with Crippen molar-refractivity contribution in [3.05, 3.63) is 121 Å². The van der Waals surface area contributed by atoms with E-state index < -0.39 is 50.2 Å². The largest absolute Gasteiger partial charge is 0.497 e. The highest BCUT2D eigenvalue weighted by Crippen LogP contribution is 2.59. The molecule has 3 saturated heterocycles. The summed E-state index contributed by atoms with van der Waals surface area (Å²) in [6.45, 7) is 3.75. The number of benzene rings is 3. The molecule has 0 saturated carbocycles. The van der Waals surface area contributed by atoms with Crippen LogP contribution in [-0.4, -0.2) is 113 Å². The first-order valence-electron chi connectivity index (χ1n) is 23.0. The Morgan fingerprint density at radius 3 is 1.77 bits per heavy atom. The van der Waals surface area contributed by atoms with Crippen LogP contribution in [0.1, 0.15) is 75.1 Å². The van der Waals surface area contributed by atoms with Crippen LogP contribution in [0.2, 0.25) is 0 Å². The normalized spacial score (nSPS) is 25.3. The smallest absolute Gasteiger partial charge is 0.409 e. The van der Waals surface area contributed by atoms with Crippen LogP contribution in [0.25, 0.3) is 22.3 Å². The van der Waals surface area contributed by atoms with Gasteiger partial charge in [0.15, 0.2) is 22.9 Å². The maximum absolute atomic E-state index is 16.0. The summed E-state index contributed by atoms with van der Waals surface area (Å²) in [6.07, 6.45) is 3.79.